The van der Waals surface area contributed by atoms with Gasteiger partial charge in [-0.25, -0.2) is 10.2 Å². The van der Waals surface area contributed by atoms with Gasteiger partial charge in [-0.3, -0.25) is 4.79 Å². The lowest BCUT2D eigenvalue weighted by Gasteiger charge is -2.09. The molecule has 2 aromatic carbocycles. The van der Waals surface area contributed by atoms with Crippen LogP contribution in [0.2, 0.25) is 0 Å². The lowest BCUT2D eigenvalue weighted by Crippen LogP contribution is -2.26. The number of esters is 1. The molecule has 0 bridgehead atoms. The molecule has 0 aliphatic carbocycles. The van der Waals surface area contributed by atoms with E-state index in [0.717, 1.165) is 10.5 Å². The predicted molar refractivity (Wildman–Crippen MR) is 101 cm³/mol. The molecule has 0 aliphatic rings. The van der Waals surface area contributed by atoms with E-state index in [1.807, 2.05) is 37.3 Å². The number of hydrazone groups is 1. The summed E-state index contributed by atoms with van der Waals surface area (Å²) >= 11 is 1.47. The van der Waals surface area contributed by atoms with Crippen molar-refractivity contribution < 1.29 is 19.1 Å². The van der Waals surface area contributed by atoms with Gasteiger partial charge in [-0.15, -0.1) is 11.8 Å². The Balaban J connectivity index is 1.80. The first-order valence-corrected chi connectivity index (χ1v) is 8.81. The highest BCUT2D eigenvalue weighted by molar-refractivity contribution is 8.00. The average molecular weight is 372 g/mol. The van der Waals surface area contributed by atoms with Gasteiger partial charge in [0.15, 0.2) is 6.61 Å². The van der Waals surface area contributed by atoms with Gasteiger partial charge in [0.2, 0.25) is 0 Å². The summed E-state index contributed by atoms with van der Waals surface area (Å²) in [6, 6.07) is 16.7. The molecule has 26 heavy (non-hydrogen) atoms. The molecule has 6 nitrogen and oxygen atoms in total. The number of nitrogens with zero attached hydrogens (tertiary/aromatic N) is 1. The van der Waals surface area contributed by atoms with Crippen LogP contribution in [0.4, 0.5) is 0 Å². The van der Waals surface area contributed by atoms with E-state index in [1.54, 1.807) is 30.5 Å². The molecule has 0 spiro atoms. The summed E-state index contributed by atoms with van der Waals surface area (Å²) < 4.78 is 9.75. The lowest BCUT2D eigenvalue weighted by atomic mass is 10.2. The summed E-state index contributed by atoms with van der Waals surface area (Å²) in [7, 11) is 1.30. The molecular formula is C19H20N2O4S. The van der Waals surface area contributed by atoms with E-state index in [4.69, 9.17) is 4.74 Å². The fourth-order valence-corrected chi connectivity index (χ4v) is 2.75. The van der Waals surface area contributed by atoms with E-state index in [0.29, 0.717) is 5.75 Å². The number of ether oxygens (including phenoxy) is 2. The Morgan fingerprint density at radius 1 is 1.15 bits per heavy atom. The quantitative estimate of drug-likeness (QED) is 0.334. The van der Waals surface area contributed by atoms with Crippen molar-refractivity contribution in [3.63, 3.8) is 0 Å². The molecule has 136 valence electrons. The molecule has 2 aromatic rings. The van der Waals surface area contributed by atoms with Crippen molar-refractivity contribution in [2.24, 2.45) is 5.10 Å². The molecule has 1 amide bonds. The number of carbonyl (C=O) groups is 2. The second kappa shape index (κ2) is 10.2. The minimum Gasteiger partial charge on any atom is -0.482 e. The smallest absolute Gasteiger partial charge is 0.343 e. The fourth-order valence-electron chi connectivity index (χ4n) is 1.87. The maximum atomic E-state index is 12.1. The summed E-state index contributed by atoms with van der Waals surface area (Å²) in [5.74, 6) is -0.0709. The molecule has 0 aliphatic heterocycles. The molecule has 1 atom stereocenters. The van der Waals surface area contributed by atoms with Crippen molar-refractivity contribution in [1.82, 2.24) is 5.43 Å². The number of hydrogen-bond acceptors (Lipinski definition) is 6. The molecule has 0 radical (unpaired) electrons. The van der Waals surface area contributed by atoms with Crippen molar-refractivity contribution in [3.8, 4) is 5.75 Å². The van der Waals surface area contributed by atoms with Crippen LogP contribution in [0.25, 0.3) is 0 Å². The Hall–Kier alpha value is -2.80. The SMILES string of the molecule is COC(=O)COc1ccc(C=NNC(=O)C(C)Sc2ccccc2)cc1. The van der Waals surface area contributed by atoms with Gasteiger partial charge in [-0.05, 0) is 48.9 Å². The Labute approximate surface area is 156 Å². The normalized spacial score (nSPS) is 11.8. The highest BCUT2D eigenvalue weighted by Gasteiger charge is 2.13. The number of carbonyl (C=O) groups excluding carboxylic acids is 2. The van der Waals surface area contributed by atoms with Crippen LogP contribution in [0.3, 0.4) is 0 Å². The summed E-state index contributed by atoms with van der Waals surface area (Å²) in [4.78, 5) is 24.1. The summed E-state index contributed by atoms with van der Waals surface area (Å²) in [6.45, 7) is 1.69. The molecule has 0 fully saturated rings. The molecule has 0 heterocycles. The van der Waals surface area contributed by atoms with Crippen molar-refractivity contribution in [3.05, 3.63) is 60.2 Å². The first kappa shape index (κ1) is 19.5. The van der Waals surface area contributed by atoms with Crippen LogP contribution < -0.4 is 10.2 Å². The van der Waals surface area contributed by atoms with Gasteiger partial charge >= 0.3 is 5.97 Å². The third-order valence-electron chi connectivity index (χ3n) is 3.28. The Kier molecular flexibility index (Phi) is 7.70. The summed E-state index contributed by atoms with van der Waals surface area (Å²) in [6.07, 6.45) is 1.54. The summed E-state index contributed by atoms with van der Waals surface area (Å²) in [5, 5.41) is 3.71. The second-order valence-electron chi connectivity index (χ2n) is 5.24. The zero-order valence-corrected chi connectivity index (χ0v) is 15.4. The standard InChI is InChI=1S/C19H20N2O4S/c1-14(26-17-6-4-3-5-7-17)19(23)21-20-12-15-8-10-16(11-9-15)25-13-18(22)24-2/h3-12,14H,13H2,1-2H3,(H,21,23). The van der Waals surface area contributed by atoms with E-state index in [1.165, 1.54) is 18.9 Å². The first-order chi connectivity index (χ1) is 12.6. The van der Waals surface area contributed by atoms with Crippen LogP contribution in [-0.2, 0) is 14.3 Å². The topological polar surface area (TPSA) is 77.0 Å². The van der Waals surface area contributed by atoms with E-state index in [2.05, 4.69) is 15.3 Å². The molecule has 1 unspecified atom stereocenters. The molecule has 7 heteroatoms. The molecule has 1 N–H and O–H groups in total. The third-order valence-corrected chi connectivity index (χ3v) is 4.39. The number of benzene rings is 2. The van der Waals surface area contributed by atoms with Crippen LogP contribution in [0.1, 0.15) is 12.5 Å². The fraction of sp³-hybridized carbons (Fsp3) is 0.211. The van der Waals surface area contributed by atoms with Crippen molar-refractivity contribution in [1.29, 1.82) is 0 Å². The number of thioether (sulfide) groups is 1. The molecule has 2 rings (SSSR count). The van der Waals surface area contributed by atoms with Gasteiger partial charge in [-0.1, -0.05) is 18.2 Å². The Bertz CT molecular complexity index is 748. The van der Waals surface area contributed by atoms with Gasteiger partial charge in [0.05, 0.1) is 18.6 Å². The predicted octanol–water partition coefficient (Wildman–Crippen LogP) is 2.87. The molecule has 0 saturated heterocycles. The summed E-state index contributed by atoms with van der Waals surface area (Å²) in [5.41, 5.74) is 3.32. The van der Waals surface area contributed by atoms with E-state index >= 15 is 0 Å². The van der Waals surface area contributed by atoms with E-state index in [-0.39, 0.29) is 17.8 Å². The minimum absolute atomic E-state index is 0.142. The number of hydrogen-bond donors (Lipinski definition) is 1. The van der Waals surface area contributed by atoms with E-state index < -0.39 is 5.97 Å². The molecule has 0 aromatic heterocycles. The number of amides is 1. The maximum Gasteiger partial charge on any atom is 0.343 e. The minimum atomic E-state index is -0.444. The van der Waals surface area contributed by atoms with Gasteiger partial charge in [0.25, 0.3) is 5.91 Å². The number of nitrogens with one attached hydrogen (secondary N) is 1. The van der Waals surface area contributed by atoms with Crippen molar-refractivity contribution >= 4 is 29.9 Å². The van der Waals surface area contributed by atoms with Gasteiger partial charge in [0.1, 0.15) is 5.75 Å². The number of rotatable bonds is 8. The number of methoxy groups -OCH3 is 1. The van der Waals surface area contributed by atoms with Crippen LogP contribution >= 0.6 is 11.8 Å². The van der Waals surface area contributed by atoms with Crippen LogP contribution in [0.5, 0.6) is 5.75 Å². The first-order valence-electron chi connectivity index (χ1n) is 7.93. The monoisotopic (exact) mass is 372 g/mol. The largest absolute Gasteiger partial charge is 0.482 e. The third kappa shape index (κ3) is 6.60. The van der Waals surface area contributed by atoms with Crippen molar-refractivity contribution in [2.75, 3.05) is 13.7 Å². The Morgan fingerprint density at radius 3 is 2.50 bits per heavy atom. The second-order valence-corrected chi connectivity index (χ2v) is 6.66. The van der Waals surface area contributed by atoms with Crippen LogP contribution in [-0.4, -0.2) is 37.1 Å². The highest BCUT2D eigenvalue weighted by Crippen LogP contribution is 2.22. The molecular weight excluding hydrogens is 352 g/mol. The zero-order valence-electron chi connectivity index (χ0n) is 14.5. The van der Waals surface area contributed by atoms with Gasteiger partial charge < -0.3 is 9.47 Å². The van der Waals surface area contributed by atoms with Crippen molar-refractivity contribution in [2.45, 2.75) is 17.1 Å². The van der Waals surface area contributed by atoms with Gasteiger partial charge in [-0.2, -0.15) is 5.10 Å². The lowest BCUT2D eigenvalue weighted by molar-refractivity contribution is -0.142. The average Bonchev–Trinajstić information content (AvgIpc) is 2.67. The van der Waals surface area contributed by atoms with Crippen LogP contribution in [0.15, 0.2) is 64.6 Å². The highest BCUT2D eigenvalue weighted by atomic mass is 32.2. The maximum absolute atomic E-state index is 12.1. The van der Waals surface area contributed by atoms with Crippen LogP contribution in [0, 0.1) is 0 Å². The Morgan fingerprint density at radius 2 is 1.85 bits per heavy atom. The van der Waals surface area contributed by atoms with Gasteiger partial charge in [0, 0.05) is 4.90 Å². The molecule has 0 saturated carbocycles. The van der Waals surface area contributed by atoms with E-state index in [9.17, 15) is 9.59 Å². The zero-order chi connectivity index (χ0) is 18.8.